The summed E-state index contributed by atoms with van der Waals surface area (Å²) in [6.07, 6.45) is 5.59. The number of nitrogens with zero attached hydrogens (tertiary/aromatic N) is 1. The lowest BCUT2D eigenvalue weighted by atomic mass is 9.95. The van der Waals surface area contributed by atoms with Gasteiger partial charge in [-0.1, -0.05) is 6.92 Å². The minimum absolute atomic E-state index is 0.0523. The number of rotatable bonds is 7. The minimum atomic E-state index is 0.0523. The summed E-state index contributed by atoms with van der Waals surface area (Å²) in [4.78, 5) is 15.0. The van der Waals surface area contributed by atoms with Crippen LogP contribution in [0.3, 0.4) is 0 Å². The Labute approximate surface area is 207 Å². The fraction of sp³-hybridized carbons (Fsp3) is 0.414. The number of aryl methyl sites for hydroxylation is 1. The Balaban J connectivity index is 1.83. The zero-order valence-electron chi connectivity index (χ0n) is 21.6. The first-order valence-electron chi connectivity index (χ1n) is 12.2. The minimum Gasteiger partial charge on any atom is -0.497 e. The molecule has 1 fully saturated rings. The second kappa shape index (κ2) is 10.5. The first-order chi connectivity index (χ1) is 16.9. The standard InChI is InChI=1S/C29H35NO5/c1-7-34-28-20(4)29-24(25(17-35-29)23-15-21(32-5)8-9-26(23)33-6)16-22(28)19(3)14-27(31)30-12-10-18(2)11-13-30/h8-9,14-18H,7,10-13H2,1-6H3/b19-14+. The van der Waals surface area contributed by atoms with Crippen molar-refractivity contribution in [3.05, 3.63) is 47.7 Å². The van der Waals surface area contributed by atoms with E-state index in [1.165, 1.54) is 0 Å². The zero-order valence-corrected chi connectivity index (χ0v) is 21.6. The number of benzene rings is 2. The predicted molar refractivity (Wildman–Crippen MR) is 139 cm³/mol. The molecular formula is C29H35NO5. The molecule has 6 heteroatoms. The number of furan rings is 1. The number of carbonyl (C=O) groups is 1. The van der Waals surface area contributed by atoms with Gasteiger partial charge in [-0.15, -0.1) is 0 Å². The van der Waals surface area contributed by atoms with Crippen LogP contribution in [0.5, 0.6) is 17.2 Å². The molecule has 3 aromatic rings. The molecule has 1 amide bonds. The van der Waals surface area contributed by atoms with Crippen molar-refractivity contribution >= 4 is 22.4 Å². The van der Waals surface area contributed by atoms with Gasteiger partial charge >= 0.3 is 0 Å². The predicted octanol–water partition coefficient (Wildman–Crippen LogP) is 6.49. The van der Waals surface area contributed by atoms with E-state index in [9.17, 15) is 4.79 Å². The monoisotopic (exact) mass is 477 g/mol. The van der Waals surface area contributed by atoms with E-state index in [1.54, 1.807) is 26.6 Å². The van der Waals surface area contributed by atoms with Gasteiger partial charge in [0.25, 0.3) is 0 Å². The van der Waals surface area contributed by atoms with Gasteiger partial charge < -0.3 is 23.5 Å². The van der Waals surface area contributed by atoms with Crippen LogP contribution in [0.1, 0.15) is 44.7 Å². The first kappa shape index (κ1) is 24.7. The molecule has 4 rings (SSSR count). The van der Waals surface area contributed by atoms with Gasteiger partial charge in [0.05, 0.1) is 27.1 Å². The number of methoxy groups -OCH3 is 2. The number of fused-ring (bicyclic) bond motifs is 1. The van der Waals surface area contributed by atoms with Gasteiger partial charge in [0.1, 0.15) is 22.8 Å². The molecule has 2 heterocycles. The molecule has 1 saturated heterocycles. The topological polar surface area (TPSA) is 61.1 Å². The summed E-state index contributed by atoms with van der Waals surface area (Å²) >= 11 is 0. The maximum Gasteiger partial charge on any atom is 0.246 e. The van der Waals surface area contributed by atoms with Crippen LogP contribution in [0, 0.1) is 12.8 Å². The number of ether oxygens (including phenoxy) is 3. The maximum absolute atomic E-state index is 13.1. The smallest absolute Gasteiger partial charge is 0.246 e. The van der Waals surface area contributed by atoms with Crippen LogP contribution in [-0.4, -0.2) is 44.7 Å². The molecule has 186 valence electrons. The second-order valence-corrected chi connectivity index (χ2v) is 9.24. The van der Waals surface area contributed by atoms with E-state index in [1.807, 2.05) is 43.9 Å². The lowest BCUT2D eigenvalue weighted by Crippen LogP contribution is -2.36. The van der Waals surface area contributed by atoms with Crippen LogP contribution in [0.15, 0.2) is 41.0 Å². The van der Waals surface area contributed by atoms with Gasteiger partial charge in [-0.2, -0.15) is 0 Å². The molecule has 0 N–H and O–H groups in total. The average Bonchev–Trinajstić information content (AvgIpc) is 3.29. The Hall–Kier alpha value is -3.41. The van der Waals surface area contributed by atoms with Crippen molar-refractivity contribution < 1.29 is 23.4 Å². The van der Waals surface area contributed by atoms with E-state index in [-0.39, 0.29) is 5.91 Å². The summed E-state index contributed by atoms with van der Waals surface area (Å²) in [5.41, 5.74) is 5.18. The van der Waals surface area contributed by atoms with E-state index < -0.39 is 0 Å². The molecule has 6 nitrogen and oxygen atoms in total. The summed E-state index contributed by atoms with van der Waals surface area (Å²) in [6.45, 7) is 10.3. The molecule has 1 aliphatic rings. The Morgan fingerprint density at radius 3 is 2.54 bits per heavy atom. The third-order valence-electron chi connectivity index (χ3n) is 6.89. The summed E-state index contributed by atoms with van der Waals surface area (Å²) < 4.78 is 23.2. The van der Waals surface area contributed by atoms with Crippen molar-refractivity contribution in [3.8, 4) is 28.4 Å². The van der Waals surface area contributed by atoms with Crippen molar-refractivity contribution in [3.63, 3.8) is 0 Å². The SMILES string of the molecule is CCOc1c(/C(C)=C/C(=O)N2CCC(C)CC2)cc2c(-c3cc(OC)ccc3OC)coc2c1C. The molecule has 0 unspecified atom stereocenters. The van der Waals surface area contributed by atoms with Gasteiger partial charge in [0.2, 0.25) is 5.91 Å². The highest BCUT2D eigenvalue weighted by molar-refractivity contribution is 6.02. The number of likely N-dealkylation sites (tertiary alicyclic amines) is 1. The van der Waals surface area contributed by atoms with E-state index in [4.69, 9.17) is 18.6 Å². The normalized spacial score (nSPS) is 14.9. The van der Waals surface area contributed by atoms with Crippen molar-refractivity contribution in [2.75, 3.05) is 33.9 Å². The van der Waals surface area contributed by atoms with Gasteiger partial charge in [0.15, 0.2) is 0 Å². The van der Waals surface area contributed by atoms with Crippen molar-refractivity contribution in [1.82, 2.24) is 4.90 Å². The van der Waals surface area contributed by atoms with Gasteiger partial charge in [-0.3, -0.25) is 4.79 Å². The molecule has 1 aromatic heterocycles. The second-order valence-electron chi connectivity index (χ2n) is 9.24. The Morgan fingerprint density at radius 2 is 1.89 bits per heavy atom. The molecule has 0 bridgehead atoms. The average molecular weight is 478 g/mol. The number of amides is 1. The number of allylic oxidation sites excluding steroid dienone is 1. The molecular weight excluding hydrogens is 442 g/mol. The lowest BCUT2D eigenvalue weighted by Gasteiger charge is -2.29. The molecule has 0 atom stereocenters. The Morgan fingerprint density at radius 1 is 1.14 bits per heavy atom. The van der Waals surface area contributed by atoms with Gasteiger partial charge in [0, 0.05) is 46.8 Å². The van der Waals surface area contributed by atoms with Crippen LogP contribution in [0.25, 0.3) is 27.7 Å². The van der Waals surface area contributed by atoms with Gasteiger partial charge in [-0.05, 0) is 69.4 Å². The quantitative estimate of drug-likeness (QED) is 0.364. The Bertz CT molecular complexity index is 1250. The number of hydrogen-bond acceptors (Lipinski definition) is 5. The third kappa shape index (κ3) is 4.88. The van der Waals surface area contributed by atoms with Crippen LogP contribution in [-0.2, 0) is 4.79 Å². The summed E-state index contributed by atoms with van der Waals surface area (Å²) in [5, 5.41) is 0.930. The van der Waals surface area contributed by atoms with Gasteiger partial charge in [-0.25, -0.2) is 0 Å². The molecule has 1 aliphatic heterocycles. The fourth-order valence-electron chi connectivity index (χ4n) is 4.76. The Kier molecular flexibility index (Phi) is 7.39. The molecule has 35 heavy (non-hydrogen) atoms. The van der Waals surface area contributed by atoms with E-state index in [0.717, 1.165) is 82.0 Å². The highest BCUT2D eigenvalue weighted by Gasteiger charge is 2.23. The van der Waals surface area contributed by atoms with Crippen LogP contribution < -0.4 is 14.2 Å². The van der Waals surface area contributed by atoms with Crippen LogP contribution >= 0.6 is 0 Å². The summed E-state index contributed by atoms with van der Waals surface area (Å²) in [5.74, 6) is 2.93. The van der Waals surface area contributed by atoms with E-state index >= 15 is 0 Å². The van der Waals surface area contributed by atoms with Crippen LogP contribution in [0.2, 0.25) is 0 Å². The number of hydrogen-bond donors (Lipinski definition) is 0. The maximum atomic E-state index is 13.1. The molecule has 0 aliphatic carbocycles. The third-order valence-corrected chi connectivity index (χ3v) is 6.89. The van der Waals surface area contributed by atoms with Crippen LogP contribution in [0.4, 0.5) is 0 Å². The van der Waals surface area contributed by atoms with Crippen molar-refractivity contribution in [2.24, 2.45) is 5.92 Å². The van der Waals surface area contributed by atoms with E-state index in [2.05, 4.69) is 13.0 Å². The van der Waals surface area contributed by atoms with Crippen molar-refractivity contribution in [2.45, 2.75) is 40.5 Å². The molecule has 0 saturated carbocycles. The largest absolute Gasteiger partial charge is 0.497 e. The summed E-state index contributed by atoms with van der Waals surface area (Å²) in [7, 11) is 3.29. The first-order valence-corrected chi connectivity index (χ1v) is 12.2. The zero-order chi connectivity index (χ0) is 25.1. The lowest BCUT2D eigenvalue weighted by molar-refractivity contribution is -0.127. The highest BCUT2D eigenvalue weighted by Crippen LogP contribution is 2.43. The number of carbonyl (C=O) groups excluding carboxylic acids is 1. The summed E-state index contributed by atoms with van der Waals surface area (Å²) in [6, 6.07) is 7.76. The van der Waals surface area contributed by atoms with Crippen molar-refractivity contribution in [1.29, 1.82) is 0 Å². The molecule has 0 radical (unpaired) electrons. The molecule has 2 aromatic carbocycles. The van der Waals surface area contributed by atoms with E-state index in [0.29, 0.717) is 12.5 Å². The highest BCUT2D eigenvalue weighted by atomic mass is 16.5. The number of piperidine rings is 1. The fourth-order valence-corrected chi connectivity index (χ4v) is 4.76. The molecule has 0 spiro atoms.